The number of hydrogen-bond acceptors (Lipinski definition) is 1. The van der Waals surface area contributed by atoms with Crippen LogP contribution >= 0.6 is 0 Å². The first-order valence-corrected chi connectivity index (χ1v) is 2.65. The van der Waals surface area contributed by atoms with E-state index in [1.807, 2.05) is 0 Å². The average Bonchev–Trinajstić information content (AvgIpc) is 1.63. The summed E-state index contributed by atoms with van der Waals surface area (Å²) in [7, 11) is 0. The van der Waals surface area contributed by atoms with Crippen LogP contribution in [0.1, 0.15) is 19.3 Å². The van der Waals surface area contributed by atoms with Gasteiger partial charge < -0.3 is 0 Å². The van der Waals surface area contributed by atoms with Crippen LogP contribution in [0.15, 0.2) is 0 Å². The standard InChI is InChI=1S/C5H8F2NO/c6-4(7)2-1-3-5(8)9/h4,8H,1-3H2. The molecule has 0 aromatic rings. The maximum Gasteiger partial charge on any atom is 0.238 e. The Labute approximate surface area is 52.0 Å². The summed E-state index contributed by atoms with van der Waals surface area (Å²) in [4.78, 5) is 9.85. The molecular formula is C5H8F2NO. The van der Waals surface area contributed by atoms with Crippen LogP contribution in [0.25, 0.3) is 0 Å². The van der Waals surface area contributed by atoms with Crippen molar-refractivity contribution < 1.29 is 13.6 Å². The van der Waals surface area contributed by atoms with Gasteiger partial charge in [0.1, 0.15) is 0 Å². The van der Waals surface area contributed by atoms with Crippen molar-refractivity contribution in [3.63, 3.8) is 0 Å². The lowest BCUT2D eigenvalue weighted by Crippen LogP contribution is -1.98. The first-order chi connectivity index (χ1) is 4.13. The van der Waals surface area contributed by atoms with Crippen molar-refractivity contribution in [1.29, 1.82) is 0 Å². The summed E-state index contributed by atoms with van der Waals surface area (Å²) in [5.74, 6) is -0.768. The number of rotatable bonds is 4. The number of carbonyl (C=O) groups is 1. The topological polar surface area (TPSA) is 40.9 Å². The fourth-order valence-electron chi connectivity index (χ4n) is 0.417. The lowest BCUT2D eigenvalue weighted by molar-refractivity contribution is -0.118. The van der Waals surface area contributed by atoms with Gasteiger partial charge in [-0.1, -0.05) is 0 Å². The molecule has 0 rings (SSSR count). The number of amides is 1. The van der Waals surface area contributed by atoms with E-state index in [0.29, 0.717) is 0 Å². The van der Waals surface area contributed by atoms with Crippen LogP contribution in [0, 0.1) is 0 Å². The van der Waals surface area contributed by atoms with Crippen molar-refractivity contribution >= 4 is 5.91 Å². The Balaban J connectivity index is 3.01. The zero-order chi connectivity index (χ0) is 7.28. The van der Waals surface area contributed by atoms with E-state index < -0.39 is 12.3 Å². The molecule has 0 saturated carbocycles. The van der Waals surface area contributed by atoms with Crippen LogP contribution in [0.3, 0.4) is 0 Å². The zero-order valence-corrected chi connectivity index (χ0v) is 4.86. The van der Waals surface area contributed by atoms with Gasteiger partial charge in [-0.15, -0.1) is 0 Å². The Morgan fingerprint density at radius 1 is 1.56 bits per heavy atom. The Morgan fingerprint density at radius 3 is 2.44 bits per heavy atom. The molecule has 1 N–H and O–H groups in total. The monoisotopic (exact) mass is 136 g/mol. The summed E-state index contributed by atoms with van der Waals surface area (Å²) >= 11 is 0. The highest BCUT2D eigenvalue weighted by Crippen LogP contribution is 2.04. The molecule has 0 aromatic carbocycles. The number of carbonyl (C=O) groups excluding carboxylic acids is 1. The summed E-state index contributed by atoms with van der Waals surface area (Å²) in [5.41, 5.74) is 6.34. The van der Waals surface area contributed by atoms with Gasteiger partial charge in [-0.2, -0.15) is 0 Å². The zero-order valence-electron chi connectivity index (χ0n) is 4.86. The number of nitrogens with one attached hydrogen (secondary N) is 1. The Morgan fingerprint density at radius 2 is 2.11 bits per heavy atom. The highest BCUT2D eigenvalue weighted by molar-refractivity contribution is 5.72. The van der Waals surface area contributed by atoms with Crippen molar-refractivity contribution in [2.75, 3.05) is 0 Å². The third-order valence-corrected chi connectivity index (χ3v) is 0.826. The van der Waals surface area contributed by atoms with Gasteiger partial charge in [-0.25, -0.2) is 8.78 Å². The molecule has 0 aromatic heterocycles. The van der Waals surface area contributed by atoms with E-state index >= 15 is 0 Å². The minimum Gasteiger partial charge on any atom is -0.273 e. The molecule has 0 aliphatic rings. The molecule has 0 fully saturated rings. The summed E-state index contributed by atoms with van der Waals surface area (Å²) in [5, 5.41) is 0. The highest BCUT2D eigenvalue weighted by Gasteiger charge is 2.02. The first-order valence-electron chi connectivity index (χ1n) is 2.65. The predicted molar refractivity (Wildman–Crippen MR) is 28.0 cm³/mol. The van der Waals surface area contributed by atoms with Crippen molar-refractivity contribution in [2.24, 2.45) is 0 Å². The van der Waals surface area contributed by atoms with Crippen LogP contribution in [0.4, 0.5) is 8.78 Å². The van der Waals surface area contributed by atoms with E-state index in [2.05, 4.69) is 0 Å². The van der Waals surface area contributed by atoms with Gasteiger partial charge >= 0.3 is 0 Å². The van der Waals surface area contributed by atoms with Crippen molar-refractivity contribution in [1.82, 2.24) is 5.73 Å². The van der Waals surface area contributed by atoms with Crippen molar-refractivity contribution in [2.45, 2.75) is 25.7 Å². The largest absolute Gasteiger partial charge is 0.273 e. The van der Waals surface area contributed by atoms with Gasteiger partial charge in [0.2, 0.25) is 12.3 Å². The Kier molecular flexibility index (Phi) is 3.92. The van der Waals surface area contributed by atoms with E-state index in [1.54, 1.807) is 0 Å². The molecule has 1 amide bonds. The SMILES string of the molecule is [NH]C(=O)CCCC(F)F. The van der Waals surface area contributed by atoms with Gasteiger partial charge in [0, 0.05) is 12.8 Å². The second kappa shape index (κ2) is 4.23. The first kappa shape index (κ1) is 8.33. The fraction of sp³-hybridized carbons (Fsp3) is 0.800. The minimum atomic E-state index is -2.34. The van der Waals surface area contributed by atoms with Gasteiger partial charge in [-0.3, -0.25) is 10.5 Å². The van der Waals surface area contributed by atoms with Gasteiger partial charge in [0.05, 0.1) is 0 Å². The molecule has 0 saturated heterocycles. The number of hydrogen-bond donors (Lipinski definition) is 0. The van der Waals surface area contributed by atoms with Crippen LogP contribution in [0.2, 0.25) is 0 Å². The summed E-state index contributed by atoms with van der Waals surface area (Å²) in [6.07, 6.45) is -2.54. The van der Waals surface area contributed by atoms with Gasteiger partial charge in [0.25, 0.3) is 0 Å². The van der Waals surface area contributed by atoms with E-state index in [1.165, 1.54) is 0 Å². The molecule has 9 heavy (non-hydrogen) atoms. The van der Waals surface area contributed by atoms with E-state index in [9.17, 15) is 13.6 Å². The quantitative estimate of drug-likeness (QED) is 0.573. The summed E-state index contributed by atoms with van der Waals surface area (Å²) in [6, 6.07) is 0. The molecule has 53 valence electrons. The van der Waals surface area contributed by atoms with Crippen LogP contribution in [0.5, 0.6) is 0 Å². The van der Waals surface area contributed by atoms with E-state index in [4.69, 9.17) is 5.73 Å². The molecule has 0 heterocycles. The molecule has 4 heteroatoms. The van der Waals surface area contributed by atoms with Gasteiger partial charge in [-0.05, 0) is 6.42 Å². The molecule has 0 aliphatic carbocycles. The van der Waals surface area contributed by atoms with Crippen molar-refractivity contribution in [3.8, 4) is 0 Å². The molecule has 2 nitrogen and oxygen atoms in total. The van der Waals surface area contributed by atoms with Crippen molar-refractivity contribution in [3.05, 3.63) is 0 Å². The molecule has 0 atom stereocenters. The second-order valence-electron chi connectivity index (χ2n) is 1.71. The van der Waals surface area contributed by atoms with Crippen LogP contribution < -0.4 is 5.73 Å². The number of halogens is 2. The molecule has 0 unspecified atom stereocenters. The maximum absolute atomic E-state index is 11.3. The molecule has 0 bridgehead atoms. The van der Waals surface area contributed by atoms with E-state index in [0.717, 1.165) is 0 Å². The van der Waals surface area contributed by atoms with Gasteiger partial charge in [0.15, 0.2) is 0 Å². The van der Waals surface area contributed by atoms with E-state index in [-0.39, 0.29) is 19.3 Å². The normalized spacial score (nSPS) is 10.1. The Hall–Kier alpha value is -0.670. The minimum absolute atomic E-state index is 0.0513. The smallest absolute Gasteiger partial charge is 0.238 e. The molecule has 1 radical (unpaired) electrons. The lowest BCUT2D eigenvalue weighted by Gasteiger charge is -1.93. The fourth-order valence-corrected chi connectivity index (χ4v) is 0.417. The predicted octanol–water partition coefficient (Wildman–Crippen LogP) is 1.23. The van der Waals surface area contributed by atoms with Crippen LogP contribution in [-0.2, 0) is 4.79 Å². The maximum atomic E-state index is 11.3. The third kappa shape index (κ3) is 7.33. The average molecular weight is 136 g/mol. The molecular weight excluding hydrogens is 128 g/mol. The highest BCUT2D eigenvalue weighted by atomic mass is 19.3. The molecule has 0 aliphatic heterocycles. The van der Waals surface area contributed by atoms with Crippen LogP contribution in [-0.4, -0.2) is 12.3 Å². The number of alkyl halides is 2. The lowest BCUT2D eigenvalue weighted by atomic mass is 10.2. The second-order valence-corrected chi connectivity index (χ2v) is 1.71. The summed E-state index contributed by atoms with van der Waals surface area (Å²) in [6.45, 7) is 0. The summed E-state index contributed by atoms with van der Waals surface area (Å²) < 4.78 is 22.6. The Bertz CT molecular complexity index is 95.0. The third-order valence-electron chi connectivity index (χ3n) is 0.826. The molecule has 0 spiro atoms.